The minimum Gasteiger partial charge on any atom is -0.482 e. The summed E-state index contributed by atoms with van der Waals surface area (Å²) in [4.78, 5) is 11.8. The number of rotatable bonds is 10. The van der Waals surface area contributed by atoms with E-state index in [-0.39, 0.29) is 34.2 Å². The van der Waals surface area contributed by atoms with Crippen LogP contribution in [0.25, 0.3) is 0 Å². The van der Waals surface area contributed by atoms with Crippen molar-refractivity contribution in [2.24, 2.45) is 0 Å². The molecule has 2 N–H and O–H groups in total. The maximum atomic E-state index is 12.4. The van der Waals surface area contributed by atoms with Crippen molar-refractivity contribution in [2.75, 3.05) is 26.9 Å². The summed E-state index contributed by atoms with van der Waals surface area (Å²) >= 11 is 6.12. The highest BCUT2D eigenvalue weighted by molar-refractivity contribution is 7.89. The second kappa shape index (κ2) is 10.1. The van der Waals surface area contributed by atoms with Crippen molar-refractivity contribution >= 4 is 27.5 Å². The number of benzene rings is 1. The number of carbonyl (C=O) groups excluding carboxylic acids is 1. The van der Waals surface area contributed by atoms with Crippen LogP contribution in [-0.2, 0) is 19.6 Å². The second-order valence-corrected chi connectivity index (χ2v) is 8.30. The predicted molar refractivity (Wildman–Crippen MR) is 99.0 cm³/mol. The number of ether oxygens (including phenoxy) is 2. The Bertz CT molecular complexity index is 705. The van der Waals surface area contributed by atoms with Gasteiger partial charge in [-0.3, -0.25) is 4.79 Å². The zero-order valence-corrected chi connectivity index (χ0v) is 16.4. The Morgan fingerprint density at radius 2 is 2.04 bits per heavy atom. The SMILES string of the molecule is COCCCNC(=O)COc1ccc(S(=O)(=O)NC2CCCC2)cc1Cl. The van der Waals surface area contributed by atoms with Gasteiger partial charge in [-0.15, -0.1) is 0 Å². The molecule has 1 fully saturated rings. The number of halogens is 1. The van der Waals surface area contributed by atoms with Gasteiger partial charge in [0.25, 0.3) is 5.91 Å². The van der Waals surface area contributed by atoms with Gasteiger partial charge < -0.3 is 14.8 Å². The van der Waals surface area contributed by atoms with Crippen LogP contribution in [0.2, 0.25) is 5.02 Å². The highest BCUT2D eigenvalue weighted by Gasteiger charge is 2.23. The van der Waals surface area contributed by atoms with Crippen molar-refractivity contribution in [3.8, 4) is 5.75 Å². The summed E-state index contributed by atoms with van der Waals surface area (Å²) in [6, 6.07) is 4.21. The van der Waals surface area contributed by atoms with Gasteiger partial charge in [-0.25, -0.2) is 13.1 Å². The zero-order chi connectivity index (χ0) is 19.0. The number of sulfonamides is 1. The largest absolute Gasteiger partial charge is 0.482 e. The van der Waals surface area contributed by atoms with Crippen LogP contribution in [0.5, 0.6) is 5.75 Å². The number of methoxy groups -OCH3 is 1. The Labute approximate surface area is 159 Å². The van der Waals surface area contributed by atoms with Gasteiger partial charge in [0, 0.05) is 26.3 Å². The fraction of sp³-hybridized carbons (Fsp3) is 0.588. The molecule has 1 aromatic carbocycles. The first-order valence-electron chi connectivity index (χ1n) is 8.62. The van der Waals surface area contributed by atoms with Crippen LogP contribution >= 0.6 is 11.6 Å². The van der Waals surface area contributed by atoms with Crippen molar-refractivity contribution in [1.29, 1.82) is 0 Å². The van der Waals surface area contributed by atoms with Crippen molar-refractivity contribution in [3.63, 3.8) is 0 Å². The van der Waals surface area contributed by atoms with Gasteiger partial charge in [-0.2, -0.15) is 0 Å². The van der Waals surface area contributed by atoms with E-state index in [9.17, 15) is 13.2 Å². The van der Waals surface area contributed by atoms with E-state index in [4.69, 9.17) is 21.1 Å². The van der Waals surface area contributed by atoms with Crippen LogP contribution < -0.4 is 14.8 Å². The van der Waals surface area contributed by atoms with E-state index in [1.165, 1.54) is 18.2 Å². The molecule has 2 rings (SSSR count). The second-order valence-electron chi connectivity index (χ2n) is 6.18. The molecule has 1 aliphatic carbocycles. The van der Waals surface area contributed by atoms with Crippen molar-refractivity contribution in [3.05, 3.63) is 23.2 Å². The lowest BCUT2D eigenvalue weighted by Crippen LogP contribution is -2.32. The van der Waals surface area contributed by atoms with E-state index >= 15 is 0 Å². The molecule has 1 saturated carbocycles. The Balaban J connectivity index is 1.89. The van der Waals surface area contributed by atoms with Crippen molar-refractivity contribution in [2.45, 2.75) is 43.0 Å². The lowest BCUT2D eigenvalue weighted by atomic mass is 10.3. The van der Waals surface area contributed by atoms with Crippen molar-refractivity contribution < 1.29 is 22.7 Å². The van der Waals surface area contributed by atoms with Gasteiger partial charge in [0.2, 0.25) is 10.0 Å². The molecule has 0 bridgehead atoms. The maximum Gasteiger partial charge on any atom is 0.257 e. The molecule has 0 heterocycles. The third kappa shape index (κ3) is 6.42. The molecular formula is C17H25ClN2O5S. The molecule has 0 spiro atoms. The number of nitrogens with one attached hydrogen (secondary N) is 2. The zero-order valence-electron chi connectivity index (χ0n) is 14.8. The third-order valence-corrected chi connectivity index (χ3v) is 5.91. The van der Waals surface area contributed by atoms with Gasteiger partial charge in [-0.1, -0.05) is 24.4 Å². The molecule has 0 aromatic heterocycles. The van der Waals surface area contributed by atoms with Gasteiger partial charge in [-0.05, 0) is 37.5 Å². The number of amides is 1. The molecule has 9 heteroatoms. The molecule has 146 valence electrons. The van der Waals surface area contributed by atoms with Gasteiger partial charge in [0.1, 0.15) is 5.75 Å². The third-order valence-electron chi connectivity index (χ3n) is 4.10. The van der Waals surface area contributed by atoms with Crippen LogP contribution in [0.15, 0.2) is 23.1 Å². The monoisotopic (exact) mass is 404 g/mol. The molecule has 0 aliphatic heterocycles. The molecule has 0 atom stereocenters. The quantitative estimate of drug-likeness (QED) is 0.582. The van der Waals surface area contributed by atoms with Crippen LogP contribution in [0.1, 0.15) is 32.1 Å². The van der Waals surface area contributed by atoms with Gasteiger partial charge in [0.15, 0.2) is 6.61 Å². The molecule has 1 aromatic rings. The van der Waals surface area contributed by atoms with Crippen LogP contribution in [-0.4, -0.2) is 47.2 Å². The molecule has 1 aliphatic rings. The summed E-state index contributed by atoms with van der Waals surface area (Å²) < 4.78 is 37.8. The average molecular weight is 405 g/mol. The first-order chi connectivity index (χ1) is 12.4. The molecule has 26 heavy (non-hydrogen) atoms. The first kappa shape index (κ1) is 21.0. The fourth-order valence-corrected chi connectivity index (χ4v) is 4.37. The smallest absolute Gasteiger partial charge is 0.257 e. The summed E-state index contributed by atoms with van der Waals surface area (Å²) in [6.45, 7) is 0.866. The Kier molecular flexibility index (Phi) is 8.15. The summed E-state index contributed by atoms with van der Waals surface area (Å²) in [7, 11) is -2.02. The number of hydrogen-bond acceptors (Lipinski definition) is 5. The van der Waals surface area contributed by atoms with Crippen LogP contribution in [0.4, 0.5) is 0 Å². The number of carbonyl (C=O) groups is 1. The topological polar surface area (TPSA) is 93.7 Å². The van der Waals surface area contributed by atoms with Crippen LogP contribution in [0.3, 0.4) is 0 Å². The minimum atomic E-state index is -3.61. The van der Waals surface area contributed by atoms with Gasteiger partial charge in [0.05, 0.1) is 9.92 Å². The van der Waals surface area contributed by atoms with E-state index in [0.717, 1.165) is 25.7 Å². The lowest BCUT2D eigenvalue weighted by molar-refractivity contribution is -0.123. The van der Waals surface area contributed by atoms with Crippen LogP contribution in [0, 0.1) is 0 Å². The normalized spacial score (nSPS) is 15.2. The van der Waals surface area contributed by atoms with Crippen molar-refractivity contribution in [1.82, 2.24) is 10.0 Å². The van der Waals surface area contributed by atoms with E-state index in [2.05, 4.69) is 10.0 Å². The molecule has 0 unspecified atom stereocenters. The average Bonchev–Trinajstić information content (AvgIpc) is 3.10. The standard InChI is InChI=1S/C17H25ClN2O5S/c1-24-10-4-9-19-17(21)12-25-16-8-7-14(11-15(16)18)26(22,23)20-13-5-2-3-6-13/h7-8,11,13,20H,2-6,9-10,12H2,1H3,(H,19,21). The molecule has 1 amide bonds. The van der Waals surface area contributed by atoms with E-state index in [1.807, 2.05) is 0 Å². The Hall–Kier alpha value is -1.35. The molecule has 0 saturated heterocycles. The van der Waals surface area contributed by atoms with E-state index < -0.39 is 10.0 Å². The van der Waals surface area contributed by atoms with E-state index in [0.29, 0.717) is 19.6 Å². The molecule has 7 nitrogen and oxygen atoms in total. The Morgan fingerprint density at radius 3 is 2.69 bits per heavy atom. The minimum absolute atomic E-state index is 0.0171. The maximum absolute atomic E-state index is 12.4. The van der Waals surface area contributed by atoms with Gasteiger partial charge >= 0.3 is 0 Å². The summed E-state index contributed by atoms with van der Waals surface area (Å²) in [5.74, 6) is -0.0182. The highest BCUT2D eigenvalue weighted by Crippen LogP contribution is 2.28. The summed E-state index contributed by atoms with van der Waals surface area (Å²) in [6.07, 6.45) is 4.49. The van der Waals surface area contributed by atoms with E-state index in [1.54, 1.807) is 7.11 Å². The first-order valence-corrected chi connectivity index (χ1v) is 10.5. The fourth-order valence-electron chi connectivity index (χ4n) is 2.74. The highest BCUT2D eigenvalue weighted by atomic mass is 35.5. The summed E-state index contributed by atoms with van der Waals surface area (Å²) in [5.41, 5.74) is 0. The Morgan fingerprint density at radius 1 is 1.31 bits per heavy atom. The molecular weight excluding hydrogens is 380 g/mol. The number of hydrogen-bond donors (Lipinski definition) is 2. The predicted octanol–water partition coefficient (Wildman–Crippen LogP) is 2.09. The molecule has 0 radical (unpaired) electrons. The summed E-state index contributed by atoms with van der Waals surface area (Å²) in [5, 5.41) is 2.84. The lowest BCUT2D eigenvalue weighted by Gasteiger charge is -2.14.